The van der Waals surface area contributed by atoms with Crippen LogP contribution in [0.5, 0.6) is 0 Å². The fourth-order valence-electron chi connectivity index (χ4n) is 1.78. The SMILES string of the molecule is C=Cc1ccc2c(c1)C(=O)C(OC(C)=O)C2=O. The van der Waals surface area contributed by atoms with Gasteiger partial charge in [0.25, 0.3) is 0 Å². The molecule has 1 aromatic rings. The van der Waals surface area contributed by atoms with E-state index in [4.69, 9.17) is 4.74 Å². The maximum atomic E-state index is 11.9. The van der Waals surface area contributed by atoms with Crippen molar-refractivity contribution in [3.05, 3.63) is 41.5 Å². The van der Waals surface area contributed by atoms with Gasteiger partial charge in [-0.1, -0.05) is 18.7 Å². The number of hydrogen-bond donors (Lipinski definition) is 0. The van der Waals surface area contributed by atoms with Crippen LogP contribution in [-0.2, 0) is 9.53 Å². The number of carbonyl (C=O) groups excluding carboxylic acids is 3. The van der Waals surface area contributed by atoms with Crippen molar-refractivity contribution in [2.45, 2.75) is 13.0 Å². The van der Waals surface area contributed by atoms with Crippen LogP contribution in [0.3, 0.4) is 0 Å². The summed E-state index contributed by atoms with van der Waals surface area (Å²) in [7, 11) is 0. The van der Waals surface area contributed by atoms with E-state index < -0.39 is 23.6 Å². The number of ketones is 2. The maximum Gasteiger partial charge on any atom is 0.303 e. The molecule has 17 heavy (non-hydrogen) atoms. The zero-order valence-electron chi connectivity index (χ0n) is 9.23. The van der Waals surface area contributed by atoms with Gasteiger partial charge in [-0.05, 0) is 17.7 Å². The fraction of sp³-hybridized carbons (Fsp3) is 0.154. The van der Waals surface area contributed by atoms with Crippen molar-refractivity contribution in [1.29, 1.82) is 0 Å². The fourth-order valence-corrected chi connectivity index (χ4v) is 1.78. The number of fused-ring (bicyclic) bond motifs is 1. The lowest BCUT2D eigenvalue weighted by Gasteiger charge is -2.05. The Morgan fingerprint density at radius 1 is 1.29 bits per heavy atom. The zero-order chi connectivity index (χ0) is 12.6. The summed E-state index contributed by atoms with van der Waals surface area (Å²) in [6, 6.07) is 4.81. The van der Waals surface area contributed by atoms with E-state index in [1.54, 1.807) is 24.3 Å². The van der Waals surface area contributed by atoms with Crippen molar-refractivity contribution >= 4 is 23.6 Å². The average Bonchev–Trinajstić information content (AvgIpc) is 2.53. The highest BCUT2D eigenvalue weighted by molar-refractivity contribution is 6.29. The molecule has 1 aliphatic rings. The number of rotatable bonds is 2. The van der Waals surface area contributed by atoms with Gasteiger partial charge in [0.1, 0.15) is 0 Å². The van der Waals surface area contributed by atoms with E-state index in [1.165, 1.54) is 6.92 Å². The van der Waals surface area contributed by atoms with Crippen molar-refractivity contribution in [2.24, 2.45) is 0 Å². The minimum Gasteiger partial charge on any atom is -0.446 e. The van der Waals surface area contributed by atoms with Gasteiger partial charge in [0.05, 0.1) is 0 Å². The van der Waals surface area contributed by atoms with Gasteiger partial charge >= 0.3 is 5.97 Å². The van der Waals surface area contributed by atoms with E-state index in [2.05, 4.69) is 6.58 Å². The molecule has 0 heterocycles. The normalized spacial score (nSPS) is 17.8. The second kappa shape index (κ2) is 3.97. The lowest BCUT2D eigenvalue weighted by Crippen LogP contribution is -2.27. The van der Waals surface area contributed by atoms with Crippen molar-refractivity contribution in [1.82, 2.24) is 0 Å². The van der Waals surface area contributed by atoms with Crippen LogP contribution < -0.4 is 0 Å². The first kappa shape index (κ1) is 11.3. The van der Waals surface area contributed by atoms with Crippen molar-refractivity contribution in [3.63, 3.8) is 0 Å². The Morgan fingerprint density at radius 3 is 2.53 bits per heavy atom. The molecule has 0 spiro atoms. The molecule has 0 bridgehead atoms. The predicted molar refractivity (Wildman–Crippen MR) is 60.7 cm³/mol. The second-order valence-electron chi connectivity index (χ2n) is 3.73. The number of esters is 1. The van der Waals surface area contributed by atoms with E-state index in [0.717, 1.165) is 5.56 Å². The van der Waals surface area contributed by atoms with E-state index in [-0.39, 0.29) is 0 Å². The third-order valence-corrected chi connectivity index (χ3v) is 2.57. The molecule has 0 radical (unpaired) electrons. The maximum absolute atomic E-state index is 11.9. The van der Waals surface area contributed by atoms with E-state index in [1.807, 2.05) is 0 Å². The van der Waals surface area contributed by atoms with Crippen molar-refractivity contribution in [2.75, 3.05) is 0 Å². The van der Waals surface area contributed by atoms with Gasteiger partial charge in [-0.15, -0.1) is 0 Å². The lowest BCUT2D eigenvalue weighted by atomic mass is 10.1. The Kier molecular flexibility index (Phi) is 2.63. The molecule has 1 unspecified atom stereocenters. The summed E-state index contributed by atoms with van der Waals surface area (Å²) in [5.41, 5.74) is 1.33. The summed E-state index contributed by atoms with van der Waals surface area (Å²) < 4.78 is 4.73. The summed E-state index contributed by atoms with van der Waals surface area (Å²) in [5, 5.41) is 0. The number of hydrogen-bond acceptors (Lipinski definition) is 4. The van der Waals surface area contributed by atoms with Gasteiger partial charge in [-0.25, -0.2) is 0 Å². The monoisotopic (exact) mass is 230 g/mol. The molecule has 1 aromatic carbocycles. The average molecular weight is 230 g/mol. The Balaban J connectivity index is 2.45. The topological polar surface area (TPSA) is 60.4 Å². The third kappa shape index (κ3) is 1.78. The highest BCUT2D eigenvalue weighted by Gasteiger charge is 2.40. The summed E-state index contributed by atoms with van der Waals surface area (Å²) in [4.78, 5) is 34.5. The zero-order valence-corrected chi connectivity index (χ0v) is 9.23. The Hall–Kier alpha value is -2.23. The molecule has 0 fully saturated rings. The molecule has 0 N–H and O–H groups in total. The first-order valence-corrected chi connectivity index (χ1v) is 5.06. The Bertz CT molecular complexity index is 542. The predicted octanol–water partition coefficient (Wildman–Crippen LogP) is 1.64. The molecule has 2 rings (SSSR count). The van der Waals surface area contributed by atoms with E-state index >= 15 is 0 Å². The molecule has 0 aliphatic heterocycles. The minimum absolute atomic E-state index is 0.290. The lowest BCUT2D eigenvalue weighted by molar-refractivity contribution is -0.142. The number of ether oxygens (including phenoxy) is 1. The first-order valence-electron chi connectivity index (χ1n) is 5.06. The molecule has 4 nitrogen and oxygen atoms in total. The summed E-state index contributed by atoms with van der Waals surface area (Å²) in [6.45, 7) is 4.75. The Labute approximate surface area is 97.9 Å². The number of benzene rings is 1. The minimum atomic E-state index is -1.32. The summed E-state index contributed by atoms with van der Waals surface area (Å²) >= 11 is 0. The van der Waals surface area contributed by atoms with Crippen LogP contribution in [0, 0.1) is 0 Å². The molecule has 0 saturated heterocycles. The third-order valence-electron chi connectivity index (χ3n) is 2.57. The highest BCUT2D eigenvalue weighted by atomic mass is 16.5. The van der Waals surface area contributed by atoms with Gasteiger partial charge in [0, 0.05) is 18.1 Å². The van der Waals surface area contributed by atoms with Gasteiger partial charge in [0.15, 0.2) is 0 Å². The van der Waals surface area contributed by atoms with Gasteiger partial charge in [-0.3, -0.25) is 14.4 Å². The van der Waals surface area contributed by atoms with Crippen LogP contribution >= 0.6 is 0 Å². The molecule has 1 aliphatic carbocycles. The van der Waals surface area contributed by atoms with E-state index in [0.29, 0.717) is 11.1 Å². The van der Waals surface area contributed by atoms with Crippen LogP contribution in [-0.4, -0.2) is 23.6 Å². The smallest absolute Gasteiger partial charge is 0.303 e. The van der Waals surface area contributed by atoms with Gasteiger partial charge in [-0.2, -0.15) is 0 Å². The highest BCUT2D eigenvalue weighted by Crippen LogP contribution is 2.25. The van der Waals surface area contributed by atoms with Crippen LogP contribution in [0.25, 0.3) is 6.08 Å². The number of carbonyl (C=O) groups is 3. The summed E-state index contributed by atoms with van der Waals surface area (Å²) in [5.74, 6) is -1.58. The molecular weight excluding hydrogens is 220 g/mol. The molecule has 0 aromatic heterocycles. The molecular formula is C13H10O4. The van der Waals surface area contributed by atoms with Crippen molar-refractivity contribution in [3.8, 4) is 0 Å². The molecule has 4 heteroatoms. The van der Waals surface area contributed by atoms with Gasteiger partial charge < -0.3 is 4.74 Å². The number of Topliss-reactive ketones (excluding diaryl/α,β-unsaturated/α-hetero) is 2. The van der Waals surface area contributed by atoms with Gasteiger partial charge in [0.2, 0.25) is 17.7 Å². The van der Waals surface area contributed by atoms with Crippen LogP contribution in [0.2, 0.25) is 0 Å². The Morgan fingerprint density at radius 2 is 1.94 bits per heavy atom. The summed E-state index contributed by atoms with van der Waals surface area (Å²) in [6.07, 6.45) is 0.263. The van der Waals surface area contributed by atoms with Crippen LogP contribution in [0.15, 0.2) is 24.8 Å². The van der Waals surface area contributed by atoms with Crippen molar-refractivity contribution < 1.29 is 19.1 Å². The van der Waals surface area contributed by atoms with E-state index in [9.17, 15) is 14.4 Å². The standard InChI is InChI=1S/C13H10O4/c1-3-8-4-5-9-10(6-8)12(16)13(11(9)15)17-7(2)14/h3-6,13H,1H2,2H3. The molecule has 1 atom stereocenters. The first-order chi connectivity index (χ1) is 8.04. The second-order valence-corrected chi connectivity index (χ2v) is 3.73. The molecule has 0 saturated carbocycles. The molecule has 0 amide bonds. The molecule has 86 valence electrons. The largest absolute Gasteiger partial charge is 0.446 e. The van der Waals surface area contributed by atoms with Crippen LogP contribution in [0.1, 0.15) is 33.2 Å². The van der Waals surface area contributed by atoms with Crippen LogP contribution in [0.4, 0.5) is 0 Å². The quantitative estimate of drug-likeness (QED) is 0.572.